The molecule has 8 heteroatoms. The zero-order valence-corrected chi connectivity index (χ0v) is 19.3. The smallest absolute Gasteiger partial charge is 0.410 e. The average Bonchev–Trinajstić information content (AvgIpc) is 2.83. The fourth-order valence-corrected chi connectivity index (χ4v) is 4.36. The van der Waals surface area contributed by atoms with Crippen molar-refractivity contribution in [2.45, 2.75) is 38.0 Å². The van der Waals surface area contributed by atoms with Crippen molar-refractivity contribution < 1.29 is 23.1 Å². The van der Waals surface area contributed by atoms with Crippen LogP contribution in [0.3, 0.4) is 0 Å². The van der Waals surface area contributed by atoms with Crippen LogP contribution in [-0.2, 0) is 16.1 Å². The molecule has 1 heterocycles. The monoisotopic (exact) mass is 479 g/mol. The molecule has 0 aliphatic carbocycles. The number of carbonyl (C=O) groups is 2. The summed E-state index contributed by atoms with van der Waals surface area (Å²) in [5.41, 5.74) is 0.469. The maximum atomic E-state index is 13.9. The molecule has 0 saturated carbocycles. The van der Waals surface area contributed by atoms with Gasteiger partial charge in [-0.1, -0.05) is 42.5 Å². The summed E-state index contributed by atoms with van der Waals surface area (Å²) >= 11 is 0. The van der Waals surface area contributed by atoms with Gasteiger partial charge < -0.3 is 20.3 Å². The number of halogens is 2. The third kappa shape index (κ3) is 5.95. The number of anilines is 2. The number of nitrogens with one attached hydrogen (secondary N) is 2. The highest BCUT2D eigenvalue weighted by atomic mass is 19.1. The number of rotatable bonds is 6. The first-order valence-corrected chi connectivity index (χ1v) is 11.4. The predicted octanol–water partition coefficient (Wildman–Crippen LogP) is 5.58. The summed E-state index contributed by atoms with van der Waals surface area (Å²) in [7, 11) is 0. The van der Waals surface area contributed by atoms with Crippen LogP contribution < -0.4 is 10.6 Å². The van der Waals surface area contributed by atoms with Crippen LogP contribution in [-0.4, -0.2) is 35.0 Å². The summed E-state index contributed by atoms with van der Waals surface area (Å²) in [6.45, 7) is 2.23. The molecular formula is C27H27F2N3O3. The van der Waals surface area contributed by atoms with E-state index in [0.717, 1.165) is 5.56 Å². The van der Waals surface area contributed by atoms with Gasteiger partial charge >= 0.3 is 6.09 Å². The van der Waals surface area contributed by atoms with Crippen molar-refractivity contribution in [3.05, 3.63) is 96.1 Å². The zero-order valence-electron chi connectivity index (χ0n) is 19.3. The minimum atomic E-state index is -1.16. The van der Waals surface area contributed by atoms with E-state index in [1.54, 1.807) is 23.1 Å². The summed E-state index contributed by atoms with van der Waals surface area (Å²) in [6, 6.07) is 20.5. The van der Waals surface area contributed by atoms with Gasteiger partial charge in [0.05, 0.1) is 0 Å². The van der Waals surface area contributed by atoms with Crippen molar-refractivity contribution in [3.8, 4) is 0 Å². The van der Waals surface area contributed by atoms with Crippen molar-refractivity contribution >= 4 is 23.4 Å². The Labute approximate surface area is 202 Å². The van der Waals surface area contributed by atoms with Gasteiger partial charge in [0.25, 0.3) is 0 Å². The molecule has 0 spiro atoms. The first-order chi connectivity index (χ1) is 16.8. The fourth-order valence-electron chi connectivity index (χ4n) is 4.36. The topological polar surface area (TPSA) is 70.7 Å². The molecule has 35 heavy (non-hydrogen) atoms. The van der Waals surface area contributed by atoms with Gasteiger partial charge in [0.2, 0.25) is 5.91 Å². The highest BCUT2D eigenvalue weighted by Gasteiger charge is 2.46. The molecule has 1 unspecified atom stereocenters. The number of hydrogen-bond donors (Lipinski definition) is 2. The lowest BCUT2D eigenvalue weighted by atomic mass is 9.82. The lowest BCUT2D eigenvalue weighted by molar-refractivity contribution is -0.122. The van der Waals surface area contributed by atoms with Gasteiger partial charge in [-0.25, -0.2) is 13.6 Å². The van der Waals surface area contributed by atoms with Gasteiger partial charge in [-0.05, 0) is 61.7 Å². The van der Waals surface area contributed by atoms with Crippen LogP contribution in [0.1, 0.15) is 25.3 Å². The highest BCUT2D eigenvalue weighted by molar-refractivity contribution is 6.00. The standard InChI is InChI=1S/C27H27F2N3O3/c1-19-17-27(31-24-12-6-10-22(29)16-24,25(33)30-23-11-5-9-21(28)15-23)13-14-32(19)26(34)35-18-20-7-3-2-4-8-20/h2-12,15-16,19,31H,13-14,17-18H2,1H3,(H,30,33)/t19-,27?/m0/s1. The van der Waals surface area contributed by atoms with Crippen LogP contribution in [0.4, 0.5) is 25.0 Å². The Kier molecular flexibility index (Phi) is 7.29. The Morgan fingerprint density at radius 2 is 1.63 bits per heavy atom. The van der Waals surface area contributed by atoms with E-state index in [2.05, 4.69) is 10.6 Å². The molecule has 3 aromatic carbocycles. The molecule has 0 bridgehead atoms. The van der Waals surface area contributed by atoms with E-state index in [1.807, 2.05) is 37.3 Å². The highest BCUT2D eigenvalue weighted by Crippen LogP contribution is 2.33. The maximum Gasteiger partial charge on any atom is 0.410 e. The molecule has 0 aromatic heterocycles. The molecule has 2 amide bonds. The molecule has 1 aliphatic rings. The number of hydrogen-bond acceptors (Lipinski definition) is 4. The third-order valence-electron chi connectivity index (χ3n) is 6.12. The van der Waals surface area contributed by atoms with Crippen LogP contribution in [0.25, 0.3) is 0 Å². The van der Waals surface area contributed by atoms with Crippen LogP contribution in [0.2, 0.25) is 0 Å². The van der Waals surface area contributed by atoms with Crippen molar-refractivity contribution in [1.82, 2.24) is 4.90 Å². The molecular weight excluding hydrogens is 452 g/mol. The predicted molar refractivity (Wildman–Crippen MR) is 130 cm³/mol. The number of nitrogens with zero attached hydrogens (tertiary/aromatic N) is 1. The largest absolute Gasteiger partial charge is 0.445 e. The summed E-state index contributed by atoms with van der Waals surface area (Å²) in [5, 5.41) is 5.96. The minimum absolute atomic E-state index is 0.148. The zero-order chi connectivity index (χ0) is 24.8. The van der Waals surface area contributed by atoms with Gasteiger partial charge in [0.15, 0.2) is 0 Å². The molecule has 3 aromatic rings. The Balaban J connectivity index is 1.51. The Morgan fingerprint density at radius 3 is 2.29 bits per heavy atom. The van der Waals surface area contributed by atoms with Crippen molar-refractivity contribution in [2.24, 2.45) is 0 Å². The van der Waals surface area contributed by atoms with Crippen molar-refractivity contribution in [3.63, 3.8) is 0 Å². The first-order valence-electron chi connectivity index (χ1n) is 11.4. The molecule has 0 radical (unpaired) electrons. The summed E-state index contributed by atoms with van der Waals surface area (Å²) in [5.74, 6) is -1.30. The summed E-state index contributed by atoms with van der Waals surface area (Å²) in [4.78, 5) is 27.9. The summed E-state index contributed by atoms with van der Waals surface area (Å²) in [6.07, 6.45) is 0.0202. The Hall–Kier alpha value is -3.94. The quantitative estimate of drug-likeness (QED) is 0.485. The second-order valence-corrected chi connectivity index (χ2v) is 8.72. The normalized spacial score (nSPS) is 19.6. The maximum absolute atomic E-state index is 13.9. The van der Waals surface area contributed by atoms with Gasteiger partial charge in [0, 0.05) is 24.0 Å². The molecule has 182 valence electrons. The van der Waals surface area contributed by atoms with Gasteiger partial charge in [-0.3, -0.25) is 4.79 Å². The van der Waals surface area contributed by atoms with Gasteiger partial charge in [-0.15, -0.1) is 0 Å². The number of carbonyl (C=O) groups excluding carboxylic acids is 2. The SMILES string of the molecule is C[C@H]1CC(Nc2cccc(F)c2)(C(=O)Nc2cccc(F)c2)CCN1C(=O)OCc1ccccc1. The molecule has 2 atom stereocenters. The van der Waals surface area contributed by atoms with Crippen molar-refractivity contribution in [2.75, 3.05) is 17.2 Å². The molecule has 1 saturated heterocycles. The fraction of sp³-hybridized carbons (Fsp3) is 0.259. The van der Waals surface area contributed by atoms with E-state index in [-0.39, 0.29) is 32.0 Å². The Bertz CT molecular complexity index is 1190. The molecule has 4 rings (SSSR count). The second kappa shape index (κ2) is 10.5. The minimum Gasteiger partial charge on any atom is -0.445 e. The van der Waals surface area contributed by atoms with E-state index >= 15 is 0 Å². The van der Waals surface area contributed by atoms with E-state index < -0.39 is 29.2 Å². The van der Waals surface area contributed by atoms with Gasteiger partial charge in [0.1, 0.15) is 23.8 Å². The van der Waals surface area contributed by atoms with Crippen molar-refractivity contribution in [1.29, 1.82) is 0 Å². The number of likely N-dealkylation sites (tertiary alicyclic amines) is 1. The second-order valence-electron chi connectivity index (χ2n) is 8.72. The molecule has 1 fully saturated rings. The first kappa shape index (κ1) is 24.2. The molecule has 1 aliphatic heterocycles. The molecule has 2 N–H and O–H groups in total. The molecule has 6 nitrogen and oxygen atoms in total. The number of ether oxygens (including phenoxy) is 1. The van der Waals surface area contributed by atoms with Crippen LogP contribution in [0.5, 0.6) is 0 Å². The van der Waals surface area contributed by atoms with E-state index in [1.165, 1.54) is 30.3 Å². The van der Waals surface area contributed by atoms with Crippen LogP contribution >= 0.6 is 0 Å². The van der Waals surface area contributed by atoms with Crippen LogP contribution in [0, 0.1) is 11.6 Å². The average molecular weight is 480 g/mol. The van der Waals surface area contributed by atoms with Crippen LogP contribution in [0.15, 0.2) is 78.9 Å². The summed E-state index contributed by atoms with van der Waals surface area (Å²) < 4.78 is 33.0. The third-order valence-corrected chi connectivity index (χ3v) is 6.12. The number of piperidine rings is 1. The number of amides is 2. The van der Waals surface area contributed by atoms with E-state index in [9.17, 15) is 18.4 Å². The lowest BCUT2D eigenvalue weighted by Gasteiger charge is -2.44. The Morgan fingerprint density at radius 1 is 0.971 bits per heavy atom. The van der Waals surface area contributed by atoms with E-state index in [0.29, 0.717) is 11.4 Å². The van der Waals surface area contributed by atoms with Gasteiger partial charge in [-0.2, -0.15) is 0 Å². The van der Waals surface area contributed by atoms with E-state index in [4.69, 9.17) is 4.74 Å². The number of benzene rings is 3. The lowest BCUT2D eigenvalue weighted by Crippen LogP contribution is -2.60.